The molecule has 0 amide bonds. The molecule has 6 nitrogen and oxygen atoms in total. The standard InChI is InChI=1S/C20H21FN6/c1-12-15-7-14(21)3-4-16(15)25-18(12)10-27-6-5-17-19(23-11-22-17)20(27)13-8-24-26(2)9-13/h3-4,7-9,11,20,25H,5-6,10H2,1-2H3,(H,22,23)/t20-/m0/s1. The van der Waals surface area contributed by atoms with Crippen LogP contribution in [-0.2, 0) is 20.0 Å². The van der Waals surface area contributed by atoms with Crippen LogP contribution in [0.5, 0.6) is 0 Å². The maximum atomic E-state index is 13.7. The van der Waals surface area contributed by atoms with Crippen LogP contribution in [0.2, 0.25) is 0 Å². The molecule has 2 N–H and O–H groups in total. The number of aromatic amines is 2. The molecule has 0 bridgehead atoms. The summed E-state index contributed by atoms with van der Waals surface area (Å²) in [7, 11) is 1.93. The zero-order valence-corrected chi connectivity index (χ0v) is 15.3. The molecule has 5 rings (SSSR count). The van der Waals surface area contributed by atoms with E-state index in [9.17, 15) is 4.39 Å². The van der Waals surface area contributed by atoms with Crippen molar-refractivity contribution in [3.05, 3.63) is 70.9 Å². The van der Waals surface area contributed by atoms with Gasteiger partial charge in [0.05, 0.1) is 24.3 Å². The number of nitrogens with one attached hydrogen (secondary N) is 2. The summed E-state index contributed by atoms with van der Waals surface area (Å²) in [4.78, 5) is 13.8. The maximum Gasteiger partial charge on any atom is 0.123 e. The van der Waals surface area contributed by atoms with Gasteiger partial charge >= 0.3 is 0 Å². The number of imidazole rings is 1. The van der Waals surface area contributed by atoms with Crippen molar-refractivity contribution in [3.63, 3.8) is 0 Å². The molecule has 0 radical (unpaired) electrons. The molecule has 0 spiro atoms. The number of nitrogens with zero attached hydrogens (tertiary/aromatic N) is 4. The molecule has 0 saturated carbocycles. The van der Waals surface area contributed by atoms with Crippen LogP contribution in [0, 0.1) is 12.7 Å². The normalized spacial score (nSPS) is 17.5. The molecule has 1 aliphatic rings. The molecule has 4 aromatic rings. The van der Waals surface area contributed by atoms with Crippen molar-refractivity contribution in [1.82, 2.24) is 29.6 Å². The Kier molecular flexibility index (Phi) is 3.65. The first-order valence-electron chi connectivity index (χ1n) is 9.11. The predicted molar refractivity (Wildman–Crippen MR) is 101 cm³/mol. The molecule has 1 aromatic carbocycles. The lowest BCUT2D eigenvalue weighted by Gasteiger charge is -2.34. The second-order valence-electron chi connectivity index (χ2n) is 7.26. The van der Waals surface area contributed by atoms with Crippen molar-refractivity contribution < 1.29 is 4.39 Å². The number of halogens is 1. The van der Waals surface area contributed by atoms with Crippen LogP contribution in [0.4, 0.5) is 4.39 Å². The molecule has 4 heterocycles. The number of hydrogen-bond acceptors (Lipinski definition) is 3. The molecule has 1 atom stereocenters. The zero-order chi connectivity index (χ0) is 18.5. The average Bonchev–Trinajstić information content (AvgIpc) is 3.36. The molecule has 0 fully saturated rings. The summed E-state index contributed by atoms with van der Waals surface area (Å²) in [5, 5.41) is 5.30. The highest BCUT2D eigenvalue weighted by molar-refractivity contribution is 5.84. The zero-order valence-electron chi connectivity index (χ0n) is 15.3. The van der Waals surface area contributed by atoms with E-state index in [0.29, 0.717) is 0 Å². The largest absolute Gasteiger partial charge is 0.357 e. The van der Waals surface area contributed by atoms with Crippen LogP contribution in [0.1, 0.15) is 34.3 Å². The van der Waals surface area contributed by atoms with E-state index in [4.69, 9.17) is 0 Å². The second kappa shape index (κ2) is 6.06. The Bertz CT molecular complexity index is 1120. The van der Waals surface area contributed by atoms with E-state index in [1.165, 1.54) is 11.8 Å². The van der Waals surface area contributed by atoms with Crippen LogP contribution < -0.4 is 0 Å². The molecule has 0 saturated heterocycles. The molecule has 3 aromatic heterocycles. The minimum absolute atomic E-state index is 0.0521. The topological polar surface area (TPSA) is 65.5 Å². The van der Waals surface area contributed by atoms with Gasteiger partial charge in [0.15, 0.2) is 0 Å². The fraction of sp³-hybridized carbons (Fsp3) is 0.300. The molecular weight excluding hydrogens is 343 g/mol. The summed E-state index contributed by atoms with van der Waals surface area (Å²) in [6.07, 6.45) is 6.66. The van der Waals surface area contributed by atoms with Crippen LogP contribution in [-0.4, -0.2) is 36.2 Å². The number of rotatable bonds is 3. The molecular formula is C20H21FN6. The first-order valence-corrected chi connectivity index (χ1v) is 9.11. The van der Waals surface area contributed by atoms with E-state index in [1.807, 2.05) is 24.0 Å². The Labute approximate surface area is 156 Å². The monoisotopic (exact) mass is 364 g/mol. The number of aryl methyl sites for hydroxylation is 2. The van der Waals surface area contributed by atoms with Crippen molar-refractivity contribution in [3.8, 4) is 0 Å². The smallest absolute Gasteiger partial charge is 0.123 e. The quantitative estimate of drug-likeness (QED) is 0.587. The summed E-state index contributed by atoms with van der Waals surface area (Å²) in [5.74, 6) is -0.205. The third kappa shape index (κ3) is 2.66. The lowest BCUT2D eigenvalue weighted by molar-refractivity contribution is 0.198. The second-order valence-corrected chi connectivity index (χ2v) is 7.26. The Balaban J connectivity index is 1.55. The first-order chi connectivity index (χ1) is 13.1. The number of benzene rings is 1. The summed E-state index contributed by atoms with van der Waals surface area (Å²) in [6.45, 7) is 3.71. The van der Waals surface area contributed by atoms with Gasteiger partial charge in [-0.3, -0.25) is 9.58 Å². The molecule has 0 unspecified atom stereocenters. The maximum absolute atomic E-state index is 13.7. The van der Waals surface area contributed by atoms with Gasteiger partial charge in [-0.05, 0) is 30.7 Å². The van der Waals surface area contributed by atoms with Gasteiger partial charge in [-0.15, -0.1) is 0 Å². The minimum atomic E-state index is -0.205. The fourth-order valence-corrected chi connectivity index (χ4v) is 4.16. The molecule has 1 aliphatic heterocycles. The van der Waals surface area contributed by atoms with Gasteiger partial charge in [0.1, 0.15) is 5.82 Å². The van der Waals surface area contributed by atoms with E-state index in [-0.39, 0.29) is 11.9 Å². The Morgan fingerprint density at radius 2 is 2.22 bits per heavy atom. The highest BCUT2D eigenvalue weighted by Crippen LogP contribution is 2.35. The highest BCUT2D eigenvalue weighted by Gasteiger charge is 2.32. The number of fused-ring (bicyclic) bond motifs is 2. The lowest BCUT2D eigenvalue weighted by atomic mass is 9.97. The number of aromatic nitrogens is 5. The average molecular weight is 364 g/mol. The Morgan fingerprint density at radius 3 is 3.04 bits per heavy atom. The number of hydrogen-bond donors (Lipinski definition) is 2. The summed E-state index contributed by atoms with van der Waals surface area (Å²) in [6, 6.07) is 4.96. The van der Waals surface area contributed by atoms with Gasteiger partial charge in [0.2, 0.25) is 0 Å². The van der Waals surface area contributed by atoms with Crippen LogP contribution in [0.15, 0.2) is 36.9 Å². The van der Waals surface area contributed by atoms with Gasteiger partial charge in [-0.2, -0.15) is 5.10 Å². The van der Waals surface area contributed by atoms with E-state index in [2.05, 4.69) is 38.1 Å². The van der Waals surface area contributed by atoms with Crippen molar-refractivity contribution in [1.29, 1.82) is 0 Å². The van der Waals surface area contributed by atoms with Crippen LogP contribution in [0.3, 0.4) is 0 Å². The third-order valence-electron chi connectivity index (χ3n) is 5.55. The van der Waals surface area contributed by atoms with Gasteiger partial charge in [-0.25, -0.2) is 9.37 Å². The molecule has 27 heavy (non-hydrogen) atoms. The highest BCUT2D eigenvalue weighted by atomic mass is 19.1. The summed E-state index contributed by atoms with van der Waals surface area (Å²) >= 11 is 0. The van der Waals surface area contributed by atoms with Crippen molar-refractivity contribution in [2.45, 2.75) is 25.9 Å². The van der Waals surface area contributed by atoms with Crippen molar-refractivity contribution >= 4 is 10.9 Å². The van der Waals surface area contributed by atoms with Crippen LogP contribution >= 0.6 is 0 Å². The van der Waals surface area contributed by atoms with E-state index in [0.717, 1.165) is 52.9 Å². The Morgan fingerprint density at radius 1 is 1.33 bits per heavy atom. The van der Waals surface area contributed by atoms with Gasteiger partial charge in [0.25, 0.3) is 0 Å². The van der Waals surface area contributed by atoms with Crippen LogP contribution in [0.25, 0.3) is 10.9 Å². The van der Waals surface area contributed by atoms with Gasteiger partial charge in [0, 0.05) is 60.6 Å². The van der Waals surface area contributed by atoms with Gasteiger partial charge in [-0.1, -0.05) is 0 Å². The predicted octanol–water partition coefficient (Wildman–Crippen LogP) is 3.22. The first kappa shape index (κ1) is 16.3. The van der Waals surface area contributed by atoms with E-state index in [1.54, 1.807) is 12.4 Å². The van der Waals surface area contributed by atoms with Crippen molar-refractivity contribution in [2.24, 2.45) is 7.05 Å². The molecule has 0 aliphatic carbocycles. The molecule has 7 heteroatoms. The fourth-order valence-electron chi connectivity index (χ4n) is 4.16. The molecule has 138 valence electrons. The minimum Gasteiger partial charge on any atom is -0.357 e. The van der Waals surface area contributed by atoms with Crippen molar-refractivity contribution in [2.75, 3.05) is 6.54 Å². The number of H-pyrrole nitrogens is 2. The third-order valence-corrected chi connectivity index (χ3v) is 5.55. The summed E-state index contributed by atoms with van der Waals surface area (Å²) in [5.41, 5.74) is 6.57. The SMILES string of the molecule is Cc1c(CN2CCc3[nH]cnc3[C@@H]2c2cnn(C)c2)[nH]c2ccc(F)cc12. The summed E-state index contributed by atoms with van der Waals surface area (Å²) < 4.78 is 15.5. The van der Waals surface area contributed by atoms with E-state index < -0.39 is 0 Å². The van der Waals surface area contributed by atoms with Gasteiger partial charge < -0.3 is 9.97 Å². The Hall–Kier alpha value is -2.93. The van der Waals surface area contributed by atoms with E-state index >= 15 is 0 Å². The lowest BCUT2D eigenvalue weighted by Crippen LogP contribution is -2.36.